The number of piperidine rings is 1. The number of carbonyl (C=O) groups excluding carboxylic acids is 2. The van der Waals surface area contributed by atoms with Crippen LogP contribution < -0.4 is 15.4 Å². The smallest absolute Gasteiger partial charge is 0.237 e. The van der Waals surface area contributed by atoms with Crippen molar-refractivity contribution in [2.24, 2.45) is 5.92 Å². The highest BCUT2D eigenvalue weighted by Crippen LogP contribution is 2.22. The fourth-order valence-electron chi connectivity index (χ4n) is 1.89. The number of ether oxygens (including phenoxy) is 1. The third-order valence-electron chi connectivity index (χ3n) is 2.84. The van der Waals surface area contributed by atoms with E-state index < -0.39 is 0 Å². The maximum absolute atomic E-state index is 12.0. The van der Waals surface area contributed by atoms with E-state index in [9.17, 15) is 9.59 Å². The lowest BCUT2D eigenvalue weighted by Crippen LogP contribution is -2.38. The molecule has 0 saturated carbocycles. The average Bonchev–Trinajstić information content (AvgIpc) is 2.39. The first-order valence-electron chi connectivity index (χ1n) is 5.77. The number of amides is 2. The molecule has 2 amide bonds. The third kappa shape index (κ3) is 2.77. The van der Waals surface area contributed by atoms with Gasteiger partial charge in [0.2, 0.25) is 17.7 Å². The highest BCUT2D eigenvalue weighted by atomic mass is 16.5. The Hall–Kier alpha value is -2.11. The minimum absolute atomic E-state index is 0.0837. The molecule has 0 bridgehead atoms. The van der Waals surface area contributed by atoms with Crippen LogP contribution in [0.15, 0.2) is 18.3 Å². The second-order valence-corrected chi connectivity index (χ2v) is 4.09. The summed E-state index contributed by atoms with van der Waals surface area (Å²) in [5.74, 6) is -0.175. The number of carbonyl (C=O) groups is 2. The number of anilines is 1. The van der Waals surface area contributed by atoms with Crippen LogP contribution in [0.2, 0.25) is 0 Å². The highest BCUT2D eigenvalue weighted by Gasteiger charge is 2.26. The first-order valence-corrected chi connectivity index (χ1v) is 5.77. The summed E-state index contributed by atoms with van der Waals surface area (Å²) in [6.07, 6.45) is 2.47. The van der Waals surface area contributed by atoms with E-state index in [-0.39, 0.29) is 24.2 Å². The molecule has 1 fully saturated rings. The molecule has 2 heterocycles. The van der Waals surface area contributed by atoms with Crippen LogP contribution in [-0.4, -0.2) is 30.5 Å². The topological polar surface area (TPSA) is 80.3 Å². The lowest BCUT2D eigenvalue weighted by Gasteiger charge is -2.21. The molecule has 1 atom stereocenters. The molecule has 18 heavy (non-hydrogen) atoms. The molecule has 0 aliphatic carbocycles. The predicted molar refractivity (Wildman–Crippen MR) is 65.2 cm³/mol. The van der Waals surface area contributed by atoms with E-state index in [1.54, 1.807) is 18.3 Å². The summed E-state index contributed by atoms with van der Waals surface area (Å²) in [5, 5.41) is 5.44. The minimum atomic E-state index is -0.288. The SMILES string of the molecule is COc1ncccc1NC(=O)C1CCNC(=O)C1. The van der Waals surface area contributed by atoms with Gasteiger partial charge in [0.15, 0.2) is 0 Å². The molecule has 2 rings (SSSR count). The van der Waals surface area contributed by atoms with E-state index in [0.29, 0.717) is 24.5 Å². The molecule has 2 N–H and O–H groups in total. The van der Waals surface area contributed by atoms with Gasteiger partial charge in [-0.3, -0.25) is 9.59 Å². The zero-order valence-corrected chi connectivity index (χ0v) is 10.1. The van der Waals surface area contributed by atoms with Crippen LogP contribution in [0.5, 0.6) is 5.88 Å². The Morgan fingerprint density at radius 3 is 3.17 bits per heavy atom. The van der Waals surface area contributed by atoms with E-state index >= 15 is 0 Å². The van der Waals surface area contributed by atoms with Gasteiger partial charge >= 0.3 is 0 Å². The van der Waals surface area contributed by atoms with Crippen LogP contribution in [0, 0.1) is 5.92 Å². The summed E-state index contributed by atoms with van der Waals surface area (Å²) in [4.78, 5) is 27.2. The zero-order valence-electron chi connectivity index (χ0n) is 10.1. The van der Waals surface area contributed by atoms with Crippen molar-refractivity contribution in [3.8, 4) is 5.88 Å². The van der Waals surface area contributed by atoms with E-state index in [1.807, 2.05) is 0 Å². The Balaban J connectivity index is 2.04. The molecule has 96 valence electrons. The summed E-state index contributed by atoms with van der Waals surface area (Å²) in [7, 11) is 1.49. The Labute approximate surface area is 105 Å². The van der Waals surface area contributed by atoms with Crippen LogP contribution in [-0.2, 0) is 9.59 Å². The standard InChI is InChI=1S/C12H15N3O3/c1-18-12-9(3-2-5-14-12)15-11(17)8-4-6-13-10(16)7-8/h2-3,5,8H,4,6-7H2,1H3,(H,13,16)(H,15,17). The van der Waals surface area contributed by atoms with Gasteiger partial charge in [-0.2, -0.15) is 0 Å². The number of nitrogens with zero attached hydrogens (tertiary/aromatic N) is 1. The number of pyridine rings is 1. The summed E-state index contributed by atoms with van der Waals surface area (Å²) in [5.41, 5.74) is 0.524. The van der Waals surface area contributed by atoms with Gasteiger partial charge in [-0.15, -0.1) is 0 Å². The van der Waals surface area contributed by atoms with Crippen molar-refractivity contribution in [1.29, 1.82) is 0 Å². The van der Waals surface area contributed by atoms with Gasteiger partial charge < -0.3 is 15.4 Å². The summed E-state index contributed by atoms with van der Waals surface area (Å²) >= 11 is 0. The van der Waals surface area contributed by atoms with E-state index in [0.717, 1.165) is 0 Å². The first kappa shape index (κ1) is 12.3. The largest absolute Gasteiger partial charge is 0.480 e. The lowest BCUT2D eigenvalue weighted by molar-refractivity contribution is -0.129. The molecule has 1 aliphatic heterocycles. The average molecular weight is 249 g/mol. The maximum Gasteiger partial charge on any atom is 0.237 e. The summed E-state index contributed by atoms with van der Waals surface area (Å²) in [6.45, 7) is 0.543. The fraction of sp³-hybridized carbons (Fsp3) is 0.417. The predicted octanol–water partition coefficient (Wildman–Crippen LogP) is 0.555. The Morgan fingerprint density at radius 1 is 1.61 bits per heavy atom. The van der Waals surface area contributed by atoms with Crippen LogP contribution in [0.4, 0.5) is 5.69 Å². The Kier molecular flexibility index (Phi) is 3.76. The Morgan fingerprint density at radius 2 is 2.44 bits per heavy atom. The molecular weight excluding hydrogens is 234 g/mol. The van der Waals surface area contributed by atoms with Crippen molar-refractivity contribution < 1.29 is 14.3 Å². The number of aromatic nitrogens is 1. The number of nitrogens with one attached hydrogen (secondary N) is 2. The van der Waals surface area contributed by atoms with Gasteiger partial charge in [0.1, 0.15) is 5.69 Å². The van der Waals surface area contributed by atoms with Crippen LogP contribution in [0.1, 0.15) is 12.8 Å². The normalized spacial score (nSPS) is 18.9. The summed E-state index contributed by atoms with van der Waals surface area (Å²) in [6, 6.07) is 3.43. The zero-order chi connectivity index (χ0) is 13.0. The second-order valence-electron chi connectivity index (χ2n) is 4.09. The summed E-state index contributed by atoms with van der Waals surface area (Å²) < 4.78 is 5.05. The molecule has 1 unspecified atom stereocenters. The minimum Gasteiger partial charge on any atom is -0.480 e. The molecule has 1 saturated heterocycles. The lowest BCUT2D eigenvalue weighted by atomic mass is 9.96. The Bertz CT molecular complexity index is 462. The highest BCUT2D eigenvalue weighted by molar-refractivity contribution is 5.96. The van der Waals surface area contributed by atoms with E-state index in [4.69, 9.17) is 4.74 Å². The quantitative estimate of drug-likeness (QED) is 0.820. The third-order valence-corrected chi connectivity index (χ3v) is 2.84. The molecule has 6 nitrogen and oxygen atoms in total. The van der Waals surface area contributed by atoms with Crippen molar-refractivity contribution in [3.05, 3.63) is 18.3 Å². The molecule has 1 aromatic heterocycles. The van der Waals surface area contributed by atoms with Crippen LogP contribution >= 0.6 is 0 Å². The van der Waals surface area contributed by atoms with Crippen molar-refractivity contribution in [2.45, 2.75) is 12.8 Å². The van der Waals surface area contributed by atoms with Crippen molar-refractivity contribution in [2.75, 3.05) is 19.0 Å². The van der Waals surface area contributed by atoms with Gasteiger partial charge in [-0.25, -0.2) is 4.98 Å². The fourth-order valence-corrected chi connectivity index (χ4v) is 1.89. The van der Waals surface area contributed by atoms with Gasteiger partial charge in [0.25, 0.3) is 0 Å². The maximum atomic E-state index is 12.0. The van der Waals surface area contributed by atoms with Crippen molar-refractivity contribution >= 4 is 17.5 Å². The number of methoxy groups -OCH3 is 1. The molecule has 6 heteroatoms. The molecule has 1 aliphatic rings. The van der Waals surface area contributed by atoms with Crippen molar-refractivity contribution in [3.63, 3.8) is 0 Å². The number of hydrogen-bond acceptors (Lipinski definition) is 4. The van der Waals surface area contributed by atoms with Crippen molar-refractivity contribution in [1.82, 2.24) is 10.3 Å². The van der Waals surface area contributed by atoms with Gasteiger partial charge in [0.05, 0.1) is 7.11 Å². The van der Waals surface area contributed by atoms with E-state index in [2.05, 4.69) is 15.6 Å². The second kappa shape index (κ2) is 5.48. The molecule has 1 aromatic rings. The van der Waals surface area contributed by atoms with Gasteiger partial charge in [0, 0.05) is 25.1 Å². The molecule has 0 radical (unpaired) electrons. The molecular formula is C12H15N3O3. The molecule has 0 aromatic carbocycles. The first-order chi connectivity index (χ1) is 8.70. The van der Waals surface area contributed by atoms with Gasteiger partial charge in [-0.05, 0) is 18.6 Å². The monoisotopic (exact) mass is 249 g/mol. The van der Waals surface area contributed by atoms with Crippen LogP contribution in [0.3, 0.4) is 0 Å². The van der Waals surface area contributed by atoms with E-state index in [1.165, 1.54) is 7.11 Å². The number of rotatable bonds is 3. The van der Waals surface area contributed by atoms with Gasteiger partial charge in [-0.1, -0.05) is 0 Å². The molecule has 0 spiro atoms. The van der Waals surface area contributed by atoms with Crippen LogP contribution in [0.25, 0.3) is 0 Å². The number of hydrogen-bond donors (Lipinski definition) is 2.